The number of ether oxygens (including phenoxy) is 7. The van der Waals surface area contributed by atoms with E-state index in [1.54, 1.807) is 26.2 Å². The van der Waals surface area contributed by atoms with Crippen LogP contribution in [0.5, 0.6) is 0 Å². The molecule has 52 heavy (non-hydrogen) atoms. The highest BCUT2D eigenvalue weighted by molar-refractivity contribution is 5.78. The first-order valence-corrected chi connectivity index (χ1v) is 19.1. The lowest BCUT2D eigenvalue weighted by molar-refractivity contribution is -0.299. The number of carbonyl (C=O) groups is 1. The molecule has 6 rings (SSSR count). The molecule has 0 unspecified atom stereocenters. The summed E-state index contributed by atoms with van der Waals surface area (Å²) in [5.41, 5.74) is 6.16. The maximum atomic E-state index is 14.2. The third-order valence-corrected chi connectivity index (χ3v) is 12.4. The number of esters is 1. The average Bonchev–Trinajstić information content (AvgIpc) is 3.42. The molecule has 290 valence electrons. The van der Waals surface area contributed by atoms with Crippen LogP contribution in [0.15, 0.2) is 59.3 Å². The predicted molar refractivity (Wildman–Crippen MR) is 195 cm³/mol. The molecule has 0 amide bonds. The van der Waals surface area contributed by atoms with Gasteiger partial charge in [0.2, 0.25) is 0 Å². The molecule has 3 fully saturated rings. The predicted octanol–water partition coefficient (Wildman–Crippen LogP) is 4.81. The average molecular weight is 728 g/mol. The molecule has 1 aliphatic carbocycles. The lowest BCUT2D eigenvalue weighted by Gasteiger charge is -2.48. The molecule has 0 aromatic rings. The summed E-state index contributed by atoms with van der Waals surface area (Å²) in [5.74, 6) is -2.44. The highest BCUT2D eigenvalue weighted by atomic mass is 16.7. The summed E-state index contributed by atoms with van der Waals surface area (Å²) in [6.07, 6.45) is 10.7. The van der Waals surface area contributed by atoms with Crippen molar-refractivity contribution in [2.75, 3.05) is 13.7 Å². The van der Waals surface area contributed by atoms with Gasteiger partial charge in [0.25, 0.3) is 0 Å². The Morgan fingerprint density at radius 3 is 2.50 bits per heavy atom. The van der Waals surface area contributed by atoms with E-state index in [9.17, 15) is 15.0 Å². The van der Waals surface area contributed by atoms with Crippen molar-refractivity contribution in [3.8, 4) is 0 Å². The molecule has 5 aliphatic heterocycles. The molecule has 0 aromatic heterocycles. The van der Waals surface area contributed by atoms with Crippen LogP contribution in [-0.4, -0.2) is 102 Å². The molecule has 0 saturated carbocycles. The molecule has 1 spiro atoms. The van der Waals surface area contributed by atoms with Gasteiger partial charge in [0.05, 0.1) is 42.7 Å². The van der Waals surface area contributed by atoms with Gasteiger partial charge in [0.15, 0.2) is 12.1 Å². The Kier molecular flexibility index (Phi) is 11.5. The van der Waals surface area contributed by atoms with Crippen LogP contribution in [0.3, 0.4) is 0 Å². The van der Waals surface area contributed by atoms with Crippen molar-refractivity contribution in [2.24, 2.45) is 29.4 Å². The summed E-state index contributed by atoms with van der Waals surface area (Å²) in [5, 5.41) is 23.5. The zero-order valence-electron chi connectivity index (χ0n) is 32.3. The van der Waals surface area contributed by atoms with Crippen molar-refractivity contribution in [1.29, 1.82) is 0 Å². The minimum atomic E-state index is -1.80. The first kappa shape index (κ1) is 39.5. The maximum Gasteiger partial charge on any atom is 0.316 e. The van der Waals surface area contributed by atoms with Gasteiger partial charge in [-0.05, 0) is 62.8 Å². The van der Waals surface area contributed by atoms with E-state index in [1.165, 1.54) is 0 Å². The van der Waals surface area contributed by atoms with Gasteiger partial charge in [-0.2, -0.15) is 0 Å². The van der Waals surface area contributed by atoms with Crippen LogP contribution < -0.4 is 5.73 Å². The topological polar surface area (TPSA) is 148 Å². The Balaban J connectivity index is 1.39. The Morgan fingerprint density at radius 2 is 1.79 bits per heavy atom. The van der Waals surface area contributed by atoms with Crippen LogP contribution in [-0.2, 0) is 38.0 Å². The first-order chi connectivity index (χ1) is 24.5. The number of nitrogens with two attached hydrogens (primary N) is 1. The summed E-state index contributed by atoms with van der Waals surface area (Å²) < 4.78 is 44.8. The molecule has 11 heteroatoms. The quantitative estimate of drug-likeness (QED) is 0.271. The Hall–Kier alpha value is -2.19. The molecule has 0 radical (unpaired) electrons. The van der Waals surface area contributed by atoms with E-state index in [0.717, 1.165) is 5.57 Å². The van der Waals surface area contributed by atoms with E-state index in [2.05, 4.69) is 39.8 Å². The van der Waals surface area contributed by atoms with E-state index in [0.29, 0.717) is 36.8 Å². The number of allylic oxidation sites excluding steroid dienone is 2. The fraction of sp³-hybridized carbons (Fsp3) is 0.732. The number of methoxy groups -OCH3 is 1. The van der Waals surface area contributed by atoms with E-state index < -0.39 is 53.4 Å². The standard InChI is InChI=1S/C41H61NO10/c1-22(2)35-25(5)15-16-40(52-35)20-30-18-29(51-40)14-13-24(4)36(50-33-19-32(46-9)39(8,42)27(7)48-33)23(3)11-10-12-28-21-47-37-34(43)26(6)17-31(38(44)49-30)41(28,37)45/h10-13,15-17,22-23,25,27,29-37,43,45H,14,18-21,42H2,1-9H3/b11-10+,24-13+,28-12+/t23-,25-,27-,29+,30-,31-,32-,33-,34+,35+,36-,37+,39-,40+,41+/m0/s1. The van der Waals surface area contributed by atoms with Gasteiger partial charge in [-0.25, -0.2) is 0 Å². The highest BCUT2D eigenvalue weighted by Gasteiger charge is 2.60. The van der Waals surface area contributed by atoms with Gasteiger partial charge >= 0.3 is 5.97 Å². The summed E-state index contributed by atoms with van der Waals surface area (Å²) >= 11 is 0. The summed E-state index contributed by atoms with van der Waals surface area (Å²) in [6.45, 7) is 16.2. The van der Waals surface area contributed by atoms with Gasteiger partial charge in [-0.15, -0.1) is 0 Å². The van der Waals surface area contributed by atoms with Crippen LogP contribution >= 0.6 is 0 Å². The smallest absolute Gasteiger partial charge is 0.316 e. The molecule has 6 aliphatic rings. The van der Waals surface area contributed by atoms with E-state index >= 15 is 0 Å². The van der Waals surface area contributed by atoms with Crippen molar-refractivity contribution in [3.63, 3.8) is 0 Å². The fourth-order valence-corrected chi connectivity index (χ4v) is 8.97. The van der Waals surface area contributed by atoms with Gasteiger partial charge in [0, 0.05) is 38.2 Å². The minimum absolute atomic E-state index is 0.0562. The third-order valence-electron chi connectivity index (χ3n) is 12.4. The third kappa shape index (κ3) is 7.42. The molecular weight excluding hydrogens is 666 g/mol. The van der Waals surface area contributed by atoms with Gasteiger partial charge in [-0.1, -0.05) is 64.2 Å². The largest absolute Gasteiger partial charge is 0.462 e. The second-order valence-electron chi connectivity index (χ2n) is 16.7. The molecular formula is C41H61NO10. The molecule has 5 heterocycles. The van der Waals surface area contributed by atoms with Gasteiger partial charge in [0.1, 0.15) is 29.8 Å². The second kappa shape index (κ2) is 15.2. The van der Waals surface area contributed by atoms with E-state index in [-0.39, 0.29) is 54.9 Å². The number of aliphatic hydroxyl groups excluding tert-OH is 1. The SMILES string of the molecule is CO[C@H]1C[C@H](O[C@@H]2/C(C)=C/C[C@@H]3C[C@@H](C[C@]4(C=C[C@H](C)[C@@H](C(C)C)O4)O3)OC(=O)[C@@H]3C=C(C)[C@@H](O)[C@H]4OC/C(=C\C=C\[C@@H]2C)[C@]43O)O[C@@H](C)[C@]1(C)N. The van der Waals surface area contributed by atoms with Gasteiger partial charge in [-0.3, -0.25) is 4.79 Å². The van der Waals surface area contributed by atoms with Crippen molar-refractivity contribution < 1.29 is 48.2 Å². The highest BCUT2D eigenvalue weighted by Crippen LogP contribution is 2.47. The molecule has 2 bridgehead atoms. The molecule has 4 N–H and O–H groups in total. The number of rotatable bonds is 4. The Bertz CT molecular complexity index is 1480. The van der Waals surface area contributed by atoms with E-state index in [1.807, 2.05) is 39.0 Å². The molecule has 3 saturated heterocycles. The van der Waals surface area contributed by atoms with Gasteiger partial charge < -0.3 is 49.1 Å². The Labute approximate surface area is 309 Å². The van der Waals surface area contributed by atoms with Crippen LogP contribution in [0.2, 0.25) is 0 Å². The second-order valence-corrected chi connectivity index (χ2v) is 16.7. The maximum absolute atomic E-state index is 14.2. The summed E-state index contributed by atoms with van der Waals surface area (Å²) in [4.78, 5) is 14.2. The number of hydrogen-bond donors (Lipinski definition) is 3. The lowest BCUT2D eigenvalue weighted by Crippen LogP contribution is -2.63. The molecule has 0 aromatic carbocycles. The number of aliphatic hydroxyl groups is 2. The summed E-state index contributed by atoms with van der Waals surface area (Å²) in [7, 11) is 1.66. The van der Waals surface area contributed by atoms with E-state index in [4.69, 9.17) is 38.9 Å². The molecule has 11 nitrogen and oxygen atoms in total. The van der Waals surface area contributed by atoms with Crippen molar-refractivity contribution >= 4 is 5.97 Å². The van der Waals surface area contributed by atoms with Crippen molar-refractivity contribution in [1.82, 2.24) is 0 Å². The minimum Gasteiger partial charge on any atom is -0.462 e. The Morgan fingerprint density at radius 1 is 1.04 bits per heavy atom. The normalized spacial score (nSPS) is 49.7. The first-order valence-electron chi connectivity index (χ1n) is 19.1. The van der Waals surface area contributed by atoms with Crippen molar-refractivity contribution in [3.05, 3.63) is 59.3 Å². The summed E-state index contributed by atoms with van der Waals surface area (Å²) in [6, 6.07) is 0. The molecule has 15 atom stereocenters. The van der Waals surface area contributed by atoms with Crippen LogP contribution in [0.1, 0.15) is 81.1 Å². The number of carbonyl (C=O) groups excluding carboxylic acids is 1. The zero-order valence-corrected chi connectivity index (χ0v) is 32.3. The van der Waals surface area contributed by atoms with Crippen LogP contribution in [0.4, 0.5) is 0 Å². The number of hydrogen-bond acceptors (Lipinski definition) is 11. The van der Waals surface area contributed by atoms with Crippen molar-refractivity contribution in [2.45, 2.75) is 153 Å². The fourth-order valence-electron chi connectivity index (χ4n) is 8.97. The lowest BCUT2D eigenvalue weighted by atomic mass is 9.71. The number of fused-ring (bicyclic) bond motifs is 2. The monoisotopic (exact) mass is 727 g/mol. The zero-order chi connectivity index (χ0) is 37.7. The van der Waals surface area contributed by atoms with Crippen LogP contribution in [0, 0.1) is 23.7 Å². The van der Waals surface area contributed by atoms with Crippen LogP contribution in [0.25, 0.3) is 0 Å².